The number of hydrogen-bond acceptors (Lipinski definition) is 3. The summed E-state index contributed by atoms with van der Waals surface area (Å²) in [6.07, 6.45) is 2.22. The molecule has 1 heterocycles. The fourth-order valence-corrected chi connectivity index (χ4v) is 2.97. The van der Waals surface area contributed by atoms with Crippen LogP contribution < -0.4 is 5.32 Å². The molecule has 1 N–H and O–H groups in total. The fraction of sp³-hybridized carbons (Fsp3) is 0.462. The summed E-state index contributed by atoms with van der Waals surface area (Å²) >= 11 is 7.49. The summed E-state index contributed by atoms with van der Waals surface area (Å²) in [5.41, 5.74) is 1.07. The lowest BCUT2D eigenvalue weighted by atomic mass is 10.0. The maximum absolute atomic E-state index is 5.78. The predicted molar refractivity (Wildman–Crippen MR) is 77.2 cm³/mol. The van der Waals surface area contributed by atoms with Crippen LogP contribution >= 0.6 is 22.9 Å². The van der Waals surface area contributed by atoms with E-state index in [1.165, 1.54) is 4.70 Å². The lowest BCUT2D eigenvalue weighted by Gasteiger charge is -2.13. The molecule has 0 radical (unpaired) electrons. The first-order chi connectivity index (χ1) is 8.33. The van der Waals surface area contributed by atoms with E-state index in [-0.39, 0.29) is 0 Å². The molecule has 0 saturated carbocycles. The van der Waals surface area contributed by atoms with Gasteiger partial charge < -0.3 is 5.32 Å². The van der Waals surface area contributed by atoms with Crippen LogP contribution in [0.4, 0.5) is 5.13 Å². The Balaban J connectivity index is 1.98. The molecule has 2 nitrogen and oxygen atoms in total. The van der Waals surface area contributed by atoms with Crippen LogP contribution in [0, 0.1) is 5.92 Å². The molecule has 2 rings (SSSR count). The molecule has 2 aromatic rings. The molecule has 0 fully saturated rings. The summed E-state index contributed by atoms with van der Waals surface area (Å²) in [6.45, 7) is 3.17. The van der Waals surface area contributed by atoms with Gasteiger partial charge in [-0.25, -0.2) is 4.98 Å². The Bertz CT molecular complexity index is 436. The van der Waals surface area contributed by atoms with E-state index < -0.39 is 0 Å². The van der Waals surface area contributed by atoms with Gasteiger partial charge in [0.05, 0.1) is 10.2 Å². The van der Waals surface area contributed by atoms with E-state index >= 15 is 0 Å². The molecule has 0 saturated heterocycles. The zero-order valence-corrected chi connectivity index (χ0v) is 11.5. The van der Waals surface area contributed by atoms with Gasteiger partial charge in [0.15, 0.2) is 5.13 Å². The molecular formula is C13H17ClN2S. The summed E-state index contributed by atoms with van der Waals surface area (Å²) in [5.74, 6) is 1.37. The molecule has 0 spiro atoms. The largest absolute Gasteiger partial charge is 0.361 e. The summed E-state index contributed by atoms with van der Waals surface area (Å²) in [7, 11) is 0. The van der Waals surface area contributed by atoms with E-state index in [4.69, 9.17) is 11.6 Å². The maximum Gasteiger partial charge on any atom is 0.183 e. The number of anilines is 1. The first kappa shape index (κ1) is 12.7. The van der Waals surface area contributed by atoms with E-state index in [0.29, 0.717) is 5.92 Å². The minimum Gasteiger partial charge on any atom is -0.361 e. The Morgan fingerprint density at radius 1 is 1.41 bits per heavy atom. The van der Waals surface area contributed by atoms with Gasteiger partial charge in [-0.15, -0.1) is 11.6 Å². The molecule has 0 bridgehead atoms. The Morgan fingerprint density at radius 3 is 2.94 bits per heavy atom. The third-order valence-corrected chi connectivity index (χ3v) is 4.14. The Labute approximate surface area is 111 Å². The van der Waals surface area contributed by atoms with Crippen molar-refractivity contribution in [2.24, 2.45) is 5.92 Å². The summed E-state index contributed by atoms with van der Waals surface area (Å²) in [4.78, 5) is 4.55. The molecule has 4 heteroatoms. The monoisotopic (exact) mass is 268 g/mol. The Hall–Kier alpha value is -0.800. The molecule has 0 amide bonds. The van der Waals surface area contributed by atoms with E-state index in [1.54, 1.807) is 11.3 Å². The van der Waals surface area contributed by atoms with Crippen molar-refractivity contribution in [1.29, 1.82) is 0 Å². The summed E-state index contributed by atoms with van der Waals surface area (Å²) in [6, 6.07) is 8.22. The van der Waals surface area contributed by atoms with Crippen molar-refractivity contribution in [3.63, 3.8) is 0 Å². The smallest absolute Gasteiger partial charge is 0.183 e. The Morgan fingerprint density at radius 2 is 2.24 bits per heavy atom. The van der Waals surface area contributed by atoms with E-state index in [1.807, 2.05) is 18.2 Å². The molecule has 17 heavy (non-hydrogen) atoms. The van der Waals surface area contributed by atoms with Gasteiger partial charge >= 0.3 is 0 Å². The molecule has 1 unspecified atom stereocenters. The second-order valence-corrected chi connectivity index (χ2v) is 5.53. The molecule has 0 aliphatic rings. The number of rotatable bonds is 6. The van der Waals surface area contributed by atoms with E-state index in [9.17, 15) is 0 Å². The standard InChI is InChI=1S/C13H17ClN2S/c1-2-10(7-8-14)9-15-13-16-11-5-3-4-6-12(11)17-13/h3-6,10H,2,7-9H2,1H3,(H,15,16). The lowest BCUT2D eigenvalue weighted by Crippen LogP contribution is -2.13. The number of para-hydroxylation sites is 1. The number of aromatic nitrogens is 1. The van der Waals surface area contributed by atoms with Crippen LogP contribution in [0.5, 0.6) is 0 Å². The van der Waals surface area contributed by atoms with Gasteiger partial charge in [0.25, 0.3) is 0 Å². The van der Waals surface area contributed by atoms with Crippen molar-refractivity contribution >= 4 is 38.3 Å². The second kappa shape index (κ2) is 6.22. The van der Waals surface area contributed by atoms with Crippen molar-refractivity contribution in [3.8, 4) is 0 Å². The molecule has 1 aromatic carbocycles. The number of halogens is 1. The molecule has 0 aliphatic heterocycles. The van der Waals surface area contributed by atoms with Gasteiger partial charge in [-0.05, 0) is 24.5 Å². The highest BCUT2D eigenvalue weighted by Gasteiger charge is 2.07. The number of alkyl halides is 1. The van der Waals surface area contributed by atoms with Gasteiger partial charge in [-0.3, -0.25) is 0 Å². The highest BCUT2D eigenvalue weighted by Crippen LogP contribution is 2.25. The third kappa shape index (κ3) is 3.33. The van der Waals surface area contributed by atoms with Crippen LogP contribution in [0.2, 0.25) is 0 Å². The van der Waals surface area contributed by atoms with Crippen LogP contribution in [0.3, 0.4) is 0 Å². The molecule has 0 aliphatic carbocycles. The van der Waals surface area contributed by atoms with Crippen LogP contribution in [-0.4, -0.2) is 17.4 Å². The topological polar surface area (TPSA) is 24.9 Å². The quantitative estimate of drug-likeness (QED) is 0.787. The van der Waals surface area contributed by atoms with Crippen LogP contribution in [0.25, 0.3) is 10.2 Å². The predicted octanol–water partition coefficient (Wildman–Crippen LogP) is 4.36. The number of nitrogens with zero attached hydrogens (tertiary/aromatic N) is 1. The van der Waals surface area contributed by atoms with Crippen molar-refractivity contribution in [2.75, 3.05) is 17.7 Å². The lowest BCUT2D eigenvalue weighted by molar-refractivity contribution is 0.522. The maximum atomic E-state index is 5.78. The van der Waals surface area contributed by atoms with Gasteiger partial charge in [0.1, 0.15) is 0 Å². The average molecular weight is 269 g/mol. The number of thiazole rings is 1. The number of benzene rings is 1. The van der Waals surface area contributed by atoms with Crippen molar-refractivity contribution in [2.45, 2.75) is 19.8 Å². The van der Waals surface area contributed by atoms with Gasteiger partial charge in [-0.1, -0.05) is 36.8 Å². The molecule has 1 atom stereocenters. The molecular weight excluding hydrogens is 252 g/mol. The zero-order chi connectivity index (χ0) is 12.1. The van der Waals surface area contributed by atoms with Crippen molar-refractivity contribution in [3.05, 3.63) is 24.3 Å². The average Bonchev–Trinajstić information content (AvgIpc) is 2.77. The van der Waals surface area contributed by atoms with E-state index in [0.717, 1.165) is 35.9 Å². The number of nitrogens with one attached hydrogen (secondary N) is 1. The minimum absolute atomic E-state index is 0.638. The van der Waals surface area contributed by atoms with Crippen LogP contribution in [-0.2, 0) is 0 Å². The van der Waals surface area contributed by atoms with Crippen LogP contribution in [0.1, 0.15) is 19.8 Å². The van der Waals surface area contributed by atoms with Gasteiger partial charge in [-0.2, -0.15) is 0 Å². The highest BCUT2D eigenvalue weighted by molar-refractivity contribution is 7.22. The number of fused-ring (bicyclic) bond motifs is 1. The zero-order valence-electron chi connectivity index (χ0n) is 9.95. The first-order valence-electron chi connectivity index (χ1n) is 5.99. The normalized spacial score (nSPS) is 12.8. The van der Waals surface area contributed by atoms with Gasteiger partial charge in [0.2, 0.25) is 0 Å². The Kier molecular flexibility index (Phi) is 4.63. The van der Waals surface area contributed by atoms with E-state index in [2.05, 4.69) is 23.3 Å². The summed E-state index contributed by atoms with van der Waals surface area (Å²) < 4.78 is 1.24. The SMILES string of the molecule is CCC(CCCl)CNc1nc2ccccc2s1. The highest BCUT2D eigenvalue weighted by atomic mass is 35.5. The van der Waals surface area contributed by atoms with Crippen molar-refractivity contribution in [1.82, 2.24) is 4.98 Å². The third-order valence-electron chi connectivity index (χ3n) is 2.93. The fourth-order valence-electron chi connectivity index (χ4n) is 1.78. The molecule has 1 aromatic heterocycles. The second-order valence-electron chi connectivity index (χ2n) is 4.12. The van der Waals surface area contributed by atoms with Crippen molar-refractivity contribution < 1.29 is 0 Å². The van der Waals surface area contributed by atoms with Crippen LogP contribution in [0.15, 0.2) is 24.3 Å². The first-order valence-corrected chi connectivity index (χ1v) is 7.34. The number of hydrogen-bond donors (Lipinski definition) is 1. The molecule has 92 valence electrons. The van der Waals surface area contributed by atoms with Gasteiger partial charge in [0, 0.05) is 12.4 Å². The minimum atomic E-state index is 0.638. The summed E-state index contributed by atoms with van der Waals surface area (Å²) in [5, 5.41) is 4.43.